The van der Waals surface area contributed by atoms with E-state index in [1.165, 1.54) is 18.2 Å². The van der Waals surface area contributed by atoms with Crippen molar-refractivity contribution < 1.29 is 23.7 Å². The fraction of sp³-hybridized carbons (Fsp3) is 0.0455. The monoisotopic (exact) mass is 483 g/mol. The third kappa shape index (κ3) is 4.97. The fourth-order valence-electron chi connectivity index (χ4n) is 2.99. The Balaban J connectivity index is 1.45. The van der Waals surface area contributed by atoms with Gasteiger partial charge in [0.15, 0.2) is 0 Å². The number of para-hydroxylation sites is 1. The number of imide groups is 1. The van der Waals surface area contributed by atoms with Crippen LogP contribution in [0.2, 0.25) is 5.02 Å². The van der Waals surface area contributed by atoms with Crippen LogP contribution in [0.15, 0.2) is 70.0 Å². The van der Waals surface area contributed by atoms with Crippen molar-refractivity contribution in [1.82, 2.24) is 4.90 Å². The molecule has 0 bridgehead atoms. The molecule has 0 spiro atoms. The number of anilines is 1. The number of rotatable bonds is 6. The number of hydrogen-bond acceptors (Lipinski definition) is 7. The Bertz CT molecular complexity index is 1300. The minimum absolute atomic E-state index is 0.0437. The van der Waals surface area contributed by atoms with Gasteiger partial charge < -0.3 is 9.73 Å². The van der Waals surface area contributed by atoms with Crippen LogP contribution in [0.1, 0.15) is 5.76 Å². The molecular weight excluding hydrogens is 470 g/mol. The molecule has 0 radical (unpaired) electrons. The van der Waals surface area contributed by atoms with Gasteiger partial charge in [-0.25, -0.2) is 0 Å². The van der Waals surface area contributed by atoms with Crippen molar-refractivity contribution in [3.8, 4) is 11.3 Å². The normalized spacial score (nSPS) is 14.7. The lowest BCUT2D eigenvalue weighted by Gasteiger charge is -2.13. The summed E-state index contributed by atoms with van der Waals surface area (Å²) in [5, 5.41) is 13.1. The average Bonchev–Trinajstić information content (AvgIpc) is 3.36. The summed E-state index contributed by atoms with van der Waals surface area (Å²) in [5.74, 6) is -0.429. The Labute approximate surface area is 196 Å². The number of halogens is 1. The molecule has 9 nitrogen and oxygen atoms in total. The van der Waals surface area contributed by atoms with E-state index >= 15 is 0 Å². The number of amides is 3. The van der Waals surface area contributed by atoms with Gasteiger partial charge in [0, 0.05) is 23.8 Å². The predicted molar refractivity (Wildman–Crippen MR) is 124 cm³/mol. The fourth-order valence-corrected chi connectivity index (χ4v) is 4.00. The van der Waals surface area contributed by atoms with Crippen molar-refractivity contribution in [3.63, 3.8) is 0 Å². The van der Waals surface area contributed by atoms with Gasteiger partial charge in [-0.05, 0) is 48.2 Å². The van der Waals surface area contributed by atoms with Gasteiger partial charge in [-0.15, -0.1) is 0 Å². The third-order valence-electron chi connectivity index (χ3n) is 4.59. The molecule has 2 heterocycles. The largest absolute Gasteiger partial charge is 0.457 e. The Morgan fingerprint density at radius 1 is 1.12 bits per heavy atom. The summed E-state index contributed by atoms with van der Waals surface area (Å²) < 4.78 is 5.69. The molecule has 11 heteroatoms. The number of carbonyl (C=O) groups is 3. The zero-order valence-electron chi connectivity index (χ0n) is 16.7. The molecule has 0 unspecified atom stereocenters. The number of nitrogens with one attached hydrogen (secondary N) is 1. The second kappa shape index (κ2) is 9.31. The van der Waals surface area contributed by atoms with Crippen LogP contribution in [-0.4, -0.2) is 33.4 Å². The summed E-state index contributed by atoms with van der Waals surface area (Å²) in [4.78, 5) is 48.5. The van der Waals surface area contributed by atoms with Crippen molar-refractivity contribution in [3.05, 3.63) is 86.5 Å². The smallest absolute Gasteiger partial charge is 0.294 e. The molecule has 1 aliphatic heterocycles. The molecule has 0 saturated carbocycles. The number of nitro groups is 1. The highest BCUT2D eigenvalue weighted by Gasteiger charge is 2.36. The van der Waals surface area contributed by atoms with Gasteiger partial charge in [-0.2, -0.15) is 0 Å². The number of carbonyl (C=O) groups excluding carboxylic acids is 3. The minimum atomic E-state index is -0.618. The first-order valence-electron chi connectivity index (χ1n) is 9.46. The zero-order valence-corrected chi connectivity index (χ0v) is 18.3. The number of benzene rings is 2. The summed E-state index contributed by atoms with van der Waals surface area (Å²) >= 11 is 6.70. The molecule has 1 fully saturated rings. The van der Waals surface area contributed by atoms with Crippen LogP contribution in [0.25, 0.3) is 17.4 Å². The maximum Gasteiger partial charge on any atom is 0.294 e. The number of nitrogens with zero attached hydrogens (tertiary/aromatic N) is 2. The Morgan fingerprint density at radius 3 is 2.55 bits per heavy atom. The third-order valence-corrected chi connectivity index (χ3v) is 5.82. The number of non-ortho nitro benzene ring substituents is 1. The second-order valence-corrected chi connectivity index (χ2v) is 8.20. The highest BCUT2D eigenvalue weighted by atomic mass is 35.5. The van der Waals surface area contributed by atoms with Crippen molar-refractivity contribution in [1.29, 1.82) is 0 Å². The first-order chi connectivity index (χ1) is 15.8. The molecule has 1 aromatic heterocycles. The molecule has 3 aromatic rings. The lowest BCUT2D eigenvalue weighted by atomic mass is 10.1. The summed E-state index contributed by atoms with van der Waals surface area (Å²) in [6, 6.07) is 15.7. The van der Waals surface area contributed by atoms with Crippen molar-refractivity contribution >= 4 is 57.9 Å². The van der Waals surface area contributed by atoms with Crippen molar-refractivity contribution in [2.75, 3.05) is 11.9 Å². The predicted octanol–water partition coefficient (Wildman–Crippen LogP) is 5.18. The molecule has 0 aliphatic carbocycles. The highest BCUT2D eigenvalue weighted by molar-refractivity contribution is 8.18. The molecule has 1 aliphatic rings. The summed E-state index contributed by atoms with van der Waals surface area (Å²) in [6.45, 7) is -0.459. The van der Waals surface area contributed by atoms with E-state index in [9.17, 15) is 24.5 Å². The SMILES string of the molecule is O=C(CN1C(=O)S/C(=C\c2ccc(-c3ccc([N+](=O)[O-])cc3)o2)C1=O)Nc1ccccc1Cl. The van der Waals surface area contributed by atoms with Crippen LogP contribution in [0.5, 0.6) is 0 Å². The number of thioether (sulfide) groups is 1. The molecule has 0 atom stereocenters. The maximum atomic E-state index is 12.7. The van der Waals surface area contributed by atoms with Crippen LogP contribution >= 0.6 is 23.4 Å². The highest BCUT2D eigenvalue weighted by Crippen LogP contribution is 2.33. The first kappa shape index (κ1) is 22.3. The van der Waals surface area contributed by atoms with E-state index in [2.05, 4.69) is 5.32 Å². The maximum absolute atomic E-state index is 12.7. The van der Waals surface area contributed by atoms with Crippen LogP contribution in [-0.2, 0) is 9.59 Å². The summed E-state index contributed by atoms with van der Waals surface area (Å²) in [6.07, 6.45) is 1.41. The summed E-state index contributed by atoms with van der Waals surface area (Å²) in [5.41, 5.74) is 0.948. The molecule has 33 heavy (non-hydrogen) atoms. The lowest BCUT2D eigenvalue weighted by molar-refractivity contribution is -0.384. The zero-order chi connectivity index (χ0) is 23.5. The average molecular weight is 484 g/mol. The van der Waals surface area contributed by atoms with Crippen LogP contribution < -0.4 is 5.32 Å². The van der Waals surface area contributed by atoms with Crippen molar-refractivity contribution in [2.45, 2.75) is 0 Å². The minimum Gasteiger partial charge on any atom is -0.457 e. The second-order valence-electron chi connectivity index (χ2n) is 6.80. The molecule has 166 valence electrons. The van der Waals surface area contributed by atoms with Crippen LogP contribution in [0.3, 0.4) is 0 Å². The van der Waals surface area contributed by atoms with Gasteiger partial charge >= 0.3 is 0 Å². The van der Waals surface area contributed by atoms with Gasteiger partial charge in [0.2, 0.25) is 5.91 Å². The van der Waals surface area contributed by atoms with E-state index in [1.807, 2.05) is 0 Å². The molecular formula is C22H14ClN3O6S. The first-order valence-corrected chi connectivity index (χ1v) is 10.7. The van der Waals surface area contributed by atoms with Gasteiger partial charge in [-0.1, -0.05) is 23.7 Å². The number of hydrogen-bond donors (Lipinski definition) is 1. The number of furan rings is 1. The van der Waals surface area contributed by atoms with E-state index in [1.54, 1.807) is 48.5 Å². The van der Waals surface area contributed by atoms with E-state index in [0.717, 1.165) is 4.90 Å². The van der Waals surface area contributed by atoms with E-state index in [4.69, 9.17) is 16.0 Å². The Kier molecular flexibility index (Phi) is 6.29. The topological polar surface area (TPSA) is 123 Å². The van der Waals surface area contributed by atoms with Crippen molar-refractivity contribution in [2.24, 2.45) is 0 Å². The summed E-state index contributed by atoms with van der Waals surface area (Å²) in [7, 11) is 0. The van der Waals surface area contributed by atoms with Crippen LogP contribution in [0, 0.1) is 10.1 Å². The van der Waals surface area contributed by atoms with E-state index in [-0.39, 0.29) is 10.6 Å². The quantitative estimate of drug-likeness (QED) is 0.291. The molecule has 1 saturated heterocycles. The Hall–Kier alpha value is -3.89. The van der Waals surface area contributed by atoms with E-state index < -0.39 is 28.5 Å². The molecule has 4 rings (SSSR count). The molecule has 3 amide bonds. The van der Waals surface area contributed by atoms with Gasteiger partial charge in [0.25, 0.3) is 16.8 Å². The lowest BCUT2D eigenvalue weighted by Crippen LogP contribution is -2.36. The number of nitro benzene ring substituents is 1. The van der Waals surface area contributed by atoms with Crippen LogP contribution in [0.4, 0.5) is 16.2 Å². The van der Waals surface area contributed by atoms with E-state index in [0.29, 0.717) is 39.6 Å². The van der Waals surface area contributed by atoms with Gasteiger partial charge in [0.05, 0.1) is 20.5 Å². The standard InChI is InChI=1S/C22H14ClN3O6S/c23-16-3-1-2-4-17(16)24-20(27)12-25-21(28)19(33-22(25)29)11-15-9-10-18(32-15)13-5-7-14(8-6-13)26(30)31/h1-11H,12H2,(H,24,27)/b19-11-. The Morgan fingerprint density at radius 2 is 1.85 bits per heavy atom. The van der Waals surface area contributed by atoms with Gasteiger partial charge in [0.1, 0.15) is 18.1 Å². The molecule has 1 N–H and O–H groups in total. The molecule has 2 aromatic carbocycles. The van der Waals surface area contributed by atoms with Gasteiger partial charge in [-0.3, -0.25) is 29.4 Å².